The van der Waals surface area contributed by atoms with Gasteiger partial charge in [-0.1, -0.05) is 51.9 Å². The third kappa shape index (κ3) is 17.8. The Morgan fingerprint density at radius 1 is 0.792 bits per heavy atom. The van der Waals surface area contributed by atoms with Crippen molar-refractivity contribution < 1.29 is 18.9 Å². The molecule has 0 aliphatic carbocycles. The highest BCUT2D eigenvalue weighted by atomic mass is 16.7. The molecule has 0 saturated heterocycles. The third-order valence-corrected chi connectivity index (χ3v) is 3.76. The molecule has 4 nitrogen and oxygen atoms in total. The molecule has 0 spiro atoms. The number of allylic oxidation sites excluding steroid dienone is 1. The summed E-state index contributed by atoms with van der Waals surface area (Å²) in [5.41, 5.74) is 0. The van der Waals surface area contributed by atoms with Crippen molar-refractivity contribution in [2.24, 2.45) is 0 Å². The van der Waals surface area contributed by atoms with E-state index < -0.39 is 0 Å². The van der Waals surface area contributed by atoms with Crippen molar-refractivity contribution in [1.82, 2.24) is 0 Å². The molecule has 4 heteroatoms. The number of rotatable bonds is 19. The average molecular weight is 345 g/mol. The monoisotopic (exact) mass is 344 g/mol. The van der Waals surface area contributed by atoms with Gasteiger partial charge in [0.15, 0.2) is 13.1 Å². The van der Waals surface area contributed by atoms with Crippen molar-refractivity contribution in [3.63, 3.8) is 0 Å². The Labute approximate surface area is 149 Å². The van der Waals surface area contributed by atoms with Crippen LogP contribution in [0.4, 0.5) is 0 Å². The molecule has 0 aliphatic heterocycles. The quantitative estimate of drug-likeness (QED) is 0.168. The molecule has 144 valence electrons. The molecule has 0 bridgehead atoms. The second-order valence-corrected chi connectivity index (χ2v) is 5.96. The Morgan fingerprint density at radius 3 is 2.04 bits per heavy atom. The lowest BCUT2D eigenvalue weighted by atomic mass is 10.1. The first kappa shape index (κ1) is 23.4. The van der Waals surface area contributed by atoms with Crippen molar-refractivity contribution in [2.75, 3.05) is 26.6 Å². The predicted molar refractivity (Wildman–Crippen MR) is 99.9 cm³/mol. The maximum absolute atomic E-state index is 5.48. The summed E-state index contributed by atoms with van der Waals surface area (Å²) >= 11 is 0. The van der Waals surface area contributed by atoms with E-state index >= 15 is 0 Å². The van der Waals surface area contributed by atoms with Crippen LogP contribution in [0.2, 0.25) is 0 Å². The fourth-order valence-electron chi connectivity index (χ4n) is 2.44. The van der Waals surface area contributed by atoms with Crippen molar-refractivity contribution in [3.8, 4) is 0 Å². The van der Waals surface area contributed by atoms with Crippen LogP contribution in [-0.2, 0) is 18.9 Å². The second-order valence-electron chi connectivity index (χ2n) is 5.96. The van der Waals surface area contributed by atoms with Crippen molar-refractivity contribution in [1.29, 1.82) is 0 Å². The minimum absolute atomic E-state index is 0.108. The fourth-order valence-corrected chi connectivity index (χ4v) is 2.44. The smallest absolute Gasteiger partial charge is 0.188 e. The lowest BCUT2D eigenvalue weighted by Gasteiger charge is -2.15. The molecule has 0 unspecified atom stereocenters. The molecule has 0 aromatic heterocycles. The van der Waals surface area contributed by atoms with E-state index in [1.807, 2.05) is 19.9 Å². The first-order valence-corrected chi connectivity index (χ1v) is 9.92. The van der Waals surface area contributed by atoms with Crippen LogP contribution < -0.4 is 0 Å². The maximum atomic E-state index is 5.48. The predicted octanol–water partition coefficient (Wildman–Crippen LogP) is 5.81. The lowest BCUT2D eigenvalue weighted by Crippen LogP contribution is -2.16. The highest BCUT2D eigenvalue weighted by molar-refractivity contribution is 4.73. The minimum Gasteiger partial charge on any atom is -0.475 e. The van der Waals surface area contributed by atoms with Crippen LogP contribution in [-0.4, -0.2) is 32.9 Å². The van der Waals surface area contributed by atoms with Crippen LogP contribution in [0.15, 0.2) is 12.3 Å². The molecule has 0 rings (SSSR count). The van der Waals surface area contributed by atoms with Gasteiger partial charge in [-0.05, 0) is 32.8 Å². The molecule has 0 heterocycles. The van der Waals surface area contributed by atoms with E-state index in [2.05, 4.69) is 6.92 Å². The normalized spacial score (nSPS) is 11.7. The molecule has 0 N–H and O–H groups in total. The van der Waals surface area contributed by atoms with Gasteiger partial charge < -0.3 is 18.9 Å². The Bertz CT molecular complexity index is 250. The number of hydrogen-bond donors (Lipinski definition) is 0. The van der Waals surface area contributed by atoms with E-state index in [1.54, 1.807) is 6.26 Å². The summed E-state index contributed by atoms with van der Waals surface area (Å²) in [6.45, 7) is 8.71. The Hall–Kier alpha value is -0.580. The first-order valence-electron chi connectivity index (χ1n) is 9.92. The van der Waals surface area contributed by atoms with Crippen LogP contribution in [0, 0.1) is 0 Å². The summed E-state index contributed by atoms with van der Waals surface area (Å²) in [7, 11) is 0. The fraction of sp³-hybridized carbons (Fsp3) is 0.900. The first-order chi connectivity index (χ1) is 11.8. The van der Waals surface area contributed by atoms with Crippen LogP contribution in [0.5, 0.6) is 0 Å². The topological polar surface area (TPSA) is 36.9 Å². The van der Waals surface area contributed by atoms with Gasteiger partial charge >= 0.3 is 0 Å². The highest BCUT2D eigenvalue weighted by Crippen LogP contribution is 2.08. The Balaban J connectivity index is 3.26. The van der Waals surface area contributed by atoms with Gasteiger partial charge in [0.25, 0.3) is 0 Å². The summed E-state index contributed by atoms with van der Waals surface area (Å²) in [6, 6.07) is 0. The number of unbranched alkanes of at least 4 members (excludes halogenated alkanes) is 7. The highest BCUT2D eigenvalue weighted by Gasteiger charge is 2.05. The summed E-state index contributed by atoms with van der Waals surface area (Å²) in [4.78, 5) is 0. The standard InChI is InChI=1S/C20H40O4/c1-4-7-8-9-10-11-12-14-17-21-19-22-18-15-13-16-20(23-5-2)24-6-3/h15,18,20H,4-14,16-17,19H2,1-3H3. The van der Waals surface area contributed by atoms with E-state index in [4.69, 9.17) is 18.9 Å². The molecule has 0 amide bonds. The van der Waals surface area contributed by atoms with Gasteiger partial charge in [0.2, 0.25) is 0 Å². The van der Waals surface area contributed by atoms with Gasteiger partial charge in [0.05, 0.1) is 12.9 Å². The Morgan fingerprint density at radius 2 is 1.42 bits per heavy atom. The zero-order valence-corrected chi connectivity index (χ0v) is 16.3. The van der Waals surface area contributed by atoms with Gasteiger partial charge in [-0.25, -0.2) is 0 Å². The second kappa shape index (κ2) is 20.5. The third-order valence-electron chi connectivity index (χ3n) is 3.76. The number of ether oxygens (including phenoxy) is 4. The largest absolute Gasteiger partial charge is 0.475 e. The van der Waals surface area contributed by atoms with Crippen LogP contribution >= 0.6 is 0 Å². The molecule has 24 heavy (non-hydrogen) atoms. The van der Waals surface area contributed by atoms with Crippen molar-refractivity contribution in [2.45, 2.75) is 91.3 Å². The molecule has 0 aliphatic rings. The molecule has 0 fully saturated rings. The van der Waals surface area contributed by atoms with Gasteiger partial charge in [0, 0.05) is 19.6 Å². The molecule has 0 radical (unpaired) electrons. The van der Waals surface area contributed by atoms with E-state index in [1.165, 1.54) is 44.9 Å². The minimum atomic E-state index is -0.108. The SMILES string of the molecule is CCCCCCCCCCOCOC=CCCC(OCC)OCC. The zero-order chi connectivity index (χ0) is 17.7. The van der Waals surface area contributed by atoms with Crippen molar-refractivity contribution in [3.05, 3.63) is 12.3 Å². The molecule has 0 atom stereocenters. The van der Waals surface area contributed by atoms with E-state index in [-0.39, 0.29) is 6.29 Å². The van der Waals surface area contributed by atoms with Crippen LogP contribution in [0.1, 0.15) is 85.0 Å². The molecule has 0 aromatic rings. The van der Waals surface area contributed by atoms with Gasteiger partial charge in [-0.15, -0.1) is 0 Å². The van der Waals surface area contributed by atoms with Crippen molar-refractivity contribution >= 4 is 0 Å². The van der Waals surface area contributed by atoms with E-state index in [0.29, 0.717) is 20.0 Å². The van der Waals surface area contributed by atoms with E-state index in [0.717, 1.165) is 25.9 Å². The average Bonchev–Trinajstić information content (AvgIpc) is 2.58. The summed E-state index contributed by atoms with van der Waals surface area (Å²) in [6.07, 6.45) is 15.9. The molecular weight excluding hydrogens is 304 g/mol. The number of hydrogen-bond acceptors (Lipinski definition) is 4. The van der Waals surface area contributed by atoms with E-state index in [9.17, 15) is 0 Å². The summed E-state index contributed by atoms with van der Waals surface area (Å²) in [5, 5.41) is 0. The zero-order valence-electron chi connectivity index (χ0n) is 16.3. The maximum Gasteiger partial charge on any atom is 0.188 e. The van der Waals surface area contributed by atoms with Crippen LogP contribution in [0.3, 0.4) is 0 Å². The van der Waals surface area contributed by atoms with Gasteiger partial charge in [-0.2, -0.15) is 0 Å². The van der Waals surface area contributed by atoms with Gasteiger partial charge in [0.1, 0.15) is 0 Å². The molecule has 0 saturated carbocycles. The lowest BCUT2D eigenvalue weighted by molar-refractivity contribution is -0.138. The summed E-state index contributed by atoms with van der Waals surface area (Å²) in [5.74, 6) is 0. The summed E-state index contributed by atoms with van der Waals surface area (Å²) < 4.78 is 21.7. The molecular formula is C20H40O4. The Kier molecular flexibility index (Phi) is 20.0. The van der Waals surface area contributed by atoms with Gasteiger partial charge in [-0.3, -0.25) is 0 Å². The molecule has 0 aromatic carbocycles. The van der Waals surface area contributed by atoms with Crippen LogP contribution in [0.25, 0.3) is 0 Å².